The van der Waals surface area contributed by atoms with Crippen LogP contribution in [-0.2, 0) is 21.4 Å². The Morgan fingerprint density at radius 2 is 1.92 bits per heavy atom. The lowest BCUT2D eigenvalue weighted by Gasteiger charge is -2.20. The Balaban J connectivity index is 1.91. The molecule has 0 spiro atoms. The van der Waals surface area contributed by atoms with E-state index in [1.165, 1.54) is 19.3 Å². The van der Waals surface area contributed by atoms with Gasteiger partial charge in [-0.15, -0.1) is 0 Å². The molecule has 1 aromatic carbocycles. The number of nitrogens with one attached hydrogen (secondary N) is 2. The zero-order valence-electron chi connectivity index (χ0n) is 14.5. The fraction of sp³-hybridized carbons (Fsp3) is 0.611. The summed E-state index contributed by atoms with van der Waals surface area (Å²) in [6, 6.07) is 6.56. The Hall–Kier alpha value is -1.40. The van der Waals surface area contributed by atoms with Crippen molar-refractivity contribution in [2.45, 2.75) is 69.9 Å². The Labute approximate surface area is 145 Å². The molecule has 1 fully saturated rings. The van der Waals surface area contributed by atoms with E-state index in [0.29, 0.717) is 18.9 Å². The topological polar surface area (TPSA) is 75.3 Å². The van der Waals surface area contributed by atoms with Crippen molar-refractivity contribution >= 4 is 15.9 Å². The first-order valence-electron chi connectivity index (χ1n) is 8.75. The predicted octanol–water partition coefficient (Wildman–Crippen LogP) is 2.96. The summed E-state index contributed by atoms with van der Waals surface area (Å²) in [5.74, 6) is 0.552. The summed E-state index contributed by atoms with van der Waals surface area (Å²) >= 11 is 0. The summed E-state index contributed by atoms with van der Waals surface area (Å²) in [5.41, 5.74) is 0.790. The Morgan fingerprint density at radius 3 is 2.58 bits per heavy atom. The van der Waals surface area contributed by atoms with Gasteiger partial charge in [-0.1, -0.05) is 31.4 Å². The quantitative estimate of drug-likeness (QED) is 0.792. The van der Waals surface area contributed by atoms with Crippen molar-refractivity contribution in [1.29, 1.82) is 0 Å². The van der Waals surface area contributed by atoms with Gasteiger partial charge < -0.3 is 5.32 Å². The number of sulfonamides is 1. The summed E-state index contributed by atoms with van der Waals surface area (Å²) in [4.78, 5) is 12.3. The maximum Gasteiger partial charge on any atom is 0.240 e. The maximum atomic E-state index is 12.2. The van der Waals surface area contributed by atoms with Crippen molar-refractivity contribution in [1.82, 2.24) is 10.0 Å². The smallest absolute Gasteiger partial charge is 0.240 e. The Kier molecular flexibility index (Phi) is 6.80. The molecule has 0 saturated heterocycles. The van der Waals surface area contributed by atoms with E-state index in [1.54, 1.807) is 32.0 Å². The van der Waals surface area contributed by atoms with Crippen LogP contribution in [0.15, 0.2) is 29.2 Å². The lowest BCUT2D eigenvalue weighted by atomic mass is 9.87. The summed E-state index contributed by atoms with van der Waals surface area (Å²) in [6.07, 6.45) is 6.59. The molecule has 2 N–H and O–H groups in total. The van der Waals surface area contributed by atoms with Gasteiger partial charge in [0.15, 0.2) is 0 Å². The highest BCUT2D eigenvalue weighted by molar-refractivity contribution is 7.89. The van der Waals surface area contributed by atoms with E-state index in [4.69, 9.17) is 0 Å². The number of hydrogen-bond acceptors (Lipinski definition) is 3. The van der Waals surface area contributed by atoms with Crippen LogP contribution in [0.2, 0.25) is 0 Å². The van der Waals surface area contributed by atoms with Crippen molar-refractivity contribution < 1.29 is 13.2 Å². The molecule has 1 aromatic rings. The molecule has 0 unspecified atom stereocenters. The van der Waals surface area contributed by atoms with Crippen LogP contribution < -0.4 is 10.0 Å². The molecule has 0 aliphatic heterocycles. The number of hydrogen-bond donors (Lipinski definition) is 2. The minimum atomic E-state index is -3.51. The fourth-order valence-electron chi connectivity index (χ4n) is 3.13. The van der Waals surface area contributed by atoms with E-state index in [2.05, 4.69) is 10.0 Å². The molecule has 0 radical (unpaired) electrons. The number of carbonyl (C=O) groups excluding carboxylic acids is 1. The van der Waals surface area contributed by atoms with Crippen molar-refractivity contribution in [3.8, 4) is 0 Å². The SMILES string of the molecule is CC(C)NS(=O)(=O)c1cccc(CNC(=O)CC2CCCCC2)c1. The average Bonchev–Trinajstić information content (AvgIpc) is 2.53. The van der Waals surface area contributed by atoms with Gasteiger partial charge in [0.25, 0.3) is 0 Å². The van der Waals surface area contributed by atoms with Gasteiger partial charge in [0.2, 0.25) is 15.9 Å². The fourth-order valence-corrected chi connectivity index (χ4v) is 4.45. The van der Waals surface area contributed by atoms with Crippen LogP contribution in [0.5, 0.6) is 0 Å². The Bertz CT molecular complexity index is 650. The van der Waals surface area contributed by atoms with Gasteiger partial charge in [-0.05, 0) is 50.3 Å². The lowest BCUT2D eigenvalue weighted by Crippen LogP contribution is -2.30. The van der Waals surface area contributed by atoms with Crippen molar-refractivity contribution in [2.75, 3.05) is 0 Å². The second-order valence-electron chi connectivity index (χ2n) is 6.91. The average molecular weight is 353 g/mol. The van der Waals surface area contributed by atoms with Crippen LogP contribution in [0.3, 0.4) is 0 Å². The molecule has 2 rings (SSSR count). The summed E-state index contributed by atoms with van der Waals surface area (Å²) in [5, 5.41) is 2.91. The highest BCUT2D eigenvalue weighted by atomic mass is 32.2. The molecule has 1 amide bonds. The minimum absolute atomic E-state index is 0.0514. The molecular formula is C18H28N2O3S. The molecule has 24 heavy (non-hydrogen) atoms. The summed E-state index contributed by atoms with van der Waals surface area (Å²) < 4.78 is 27.0. The van der Waals surface area contributed by atoms with Crippen LogP contribution in [0.4, 0.5) is 0 Å². The van der Waals surface area contributed by atoms with Crippen LogP contribution >= 0.6 is 0 Å². The molecule has 0 heterocycles. The van der Waals surface area contributed by atoms with Gasteiger partial charge in [0, 0.05) is 19.0 Å². The standard InChI is InChI=1S/C18H28N2O3S/c1-14(2)20-24(22,23)17-10-6-9-16(11-17)13-19-18(21)12-15-7-4-3-5-8-15/h6,9-11,14-15,20H,3-5,7-8,12-13H2,1-2H3,(H,19,21). The number of benzene rings is 1. The van der Waals surface area contributed by atoms with Gasteiger partial charge >= 0.3 is 0 Å². The number of carbonyl (C=O) groups is 1. The molecule has 1 saturated carbocycles. The van der Waals surface area contributed by atoms with Crippen LogP contribution in [0.1, 0.15) is 57.9 Å². The first kappa shape index (κ1) is 18.9. The third-order valence-corrected chi connectivity index (χ3v) is 5.94. The minimum Gasteiger partial charge on any atom is -0.352 e. The van der Waals surface area contributed by atoms with Crippen LogP contribution in [0, 0.1) is 5.92 Å². The molecule has 6 heteroatoms. The maximum absolute atomic E-state index is 12.2. The lowest BCUT2D eigenvalue weighted by molar-refractivity contribution is -0.122. The van der Waals surface area contributed by atoms with E-state index < -0.39 is 10.0 Å². The predicted molar refractivity (Wildman–Crippen MR) is 94.9 cm³/mol. The number of rotatable bonds is 7. The molecular weight excluding hydrogens is 324 g/mol. The summed E-state index contributed by atoms with van der Waals surface area (Å²) in [6.45, 7) is 3.93. The highest BCUT2D eigenvalue weighted by Crippen LogP contribution is 2.26. The van der Waals surface area contributed by atoms with Gasteiger partial charge in [0.1, 0.15) is 0 Å². The van der Waals surface area contributed by atoms with E-state index >= 15 is 0 Å². The van der Waals surface area contributed by atoms with Gasteiger partial charge in [-0.2, -0.15) is 0 Å². The van der Waals surface area contributed by atoms with Gasteiger partial charge in [-0.25, -0.2) is 13.1 Å². The first-order valence-corrected chi connectivity index (χ1v) is 10.2. The van der Waals surface area contributed by atoms with E-state index in [0.717, 1.165) is 18.4 Å². The second-order valence-corrected chi connectivity index (χ2v) is 8.62. The molecule has 1 aliphatic carbocycles. The van der Waals surface area contributed by atoms with E-state index in [-0.39, 0.29) is 16.8 Å². The van der Waals surface area contributed by atoms with Crippen LogP contribution in [-0.4, -0.2) is 20.4 Å². The normalized spacial score (nSPS) is 16.3. The monoisotopic (exact) mass is 352 g/mol. The molecule has 0 atom stereocenters. The van der Waals surface area contributed by atoms with Crippen molar-refractivity contribution in [3.63, 3.8) is 0 Å². The zero-order chi connectivity index (χ0) is 17.6. The zero-order valence-corrected chi connectivity index (χ0v) is 15.4. The molecule has 0 bridgehead atoms. The largest absolute Gasteiger partial charge is 0.352 e. The van der Waals surface area contributed by atoms with Crippen molar-refractivity contribution in [3.05, 3.63) is 29.8 Å². The third-order valence-electron chi connectivity index (χ3n) is 4.29. The molecule has 1 aliphatic rings. The van der Waals surface area contributed by atoms with Crippen molar-refractivity contribution in [2.24, 2.45) is 5.92 Å². The molecule has 5 nitrogen and oxygen atoms in total. The third kappa shape index (κ3) is 5.91. The highest BCUT2D eigenvalue weighted by Gasteiger charge is 2.18. The molecule has 0 aromatic heterocycles. The first-order chi connectivity index (χ1) is 11.4. The molecule has 134 valence electrons. The van der Waals surface area contributed by atoms with E-state index in [9.17, 15) is 13.2 Å². The summed E-state index contributed by atoms with van der Waals surface area (Å²) in [7, 11) is -3.51. The second kappa shape index (κ2) is 8.62. The van der Waals surface area contributed by atoms with E-state index in [1.807, 2.05) is 6.07 Å². The van der Waals surface area contributed by atoms with Crippen LogP contribution in [0.25, 0.3) is 0 Å². The van der Waals surface area contributed by atoms with Gasteiger partial charge in [-0.3, -0.25) is 4.79 Å². The number of amides is 1. The van der Waals surface area contributed by atoms with Gasteiger partial charge in [0.05, 0.1) is 4.90 Å². The Morgan fingerprint density at radius 1 is 1.21 bits per heavy atom.